The van der Waals surface area contributed by atoms with Gasteiger partial charge >= 0.3 is 6.18 Å². The molecule has 2 unspecified atom stereocenters. The van der Waals surface area contributed by atoms with Crippen LogP contribution in [-0.2, 0) is 18.2 Å². The number of nitrogens with zero attached hydrogens (tertiary/aromatic N) is 3. The van der Waals surface area contributed by atoms with Gasteiger partial charge in [0.15, 0.2) is 0 Å². The van der Waals surface area contributed by atoms with Crippen LogP contribution in [-0.4, -0.2) is 38.6 Å². The molecule has 0 aliphatic carbocycles. The minimum atomic E-state index is -4.42. The summed E-state index contributed by atoms with van der Waals surface area (Å²) in [6, 6.07) is 3.68. The molecule has 1 aromatic rings. The van der Waals surface area contributed by atoms with E-state index in [1.54, 1.807) is 37.0 Å². The Bertz CT molecular complexity index is 919. The highest BCUT2D eigenvalue weighted by Gasteiger charge is 2.31. The molecule has 32 heavy (non-hydrogen) atoms. The van der Waals surface area contributed by atoms with Gasteiger partial charge in [0.25, 0.3) is 0 Å². The van der Waals surface area contributed by atoms with Crippen LogP contribution in [0.2, 0.25) is 0 Å². The number of allylic oxidation sites excluding steroid dienone is 6. The first-order valence-electron chi connectivity index (χ1n) is 10.6. The number of hydrogen-bond donors (Lipinski definition) is 1. The van der Waals surface area contributed by atoms with Crippen molar-refractivity contribution in [2.75, 3.05) is 23.4 Å². The zero-order valence-electron chi connectivity index (χ0n) is 18.6. The second-order valence-corrected chi connectivity index (χ2v) is 9.31. The van der Waals surface area contributed by atoms with Gasteiger partial charge in [-0.3, -0.25) is 0 Å². The predicted octanol–water partition coefficient (Wildman–Crippen LogP) is 4.81. The zero-order chi connectivity index (χ0) is 23.6. The molecule has 1 fully saturated rings. The summed E-state index contributed by atoms with van der Waals surface area (Å²) >= 11 is -0.676. The van der Waals surface area contributed by atoms with Crippen LogP contribution in [0, 0.1) is 5.92 Å². The van der Waals surface area contributed by atoms with E-state index in [9.17, 15) is 17.7 Å². The third-order valence-electron chi connectivity index (χ3n) is 5.21. The average molecular weight is 469 g/mol. The molecule has 1 aliphatic heterocycles. The van der Waals surface area contributed by atoms with E-state index < -0.39 is 22.9 Å². The fourth-order valence-electron chi connectivity index (χ4n) is 3.29. The third kappa shape index (κ3) is 8.70. The molecule has 2 atom stereocenters. The zero-order valence-corrected chi connectivity index (χ0v) is 19.4. The first-order valence-corrected chi connectivity index (χ1v) is 12.1. The van der Waals surface area contributed by atoms with Crippen LogP contribution >= 0.6 is 0 Å². The first kappa shape index (κ1) is 26.0. The number of rotatable bonds is 8. The summed E-state index contributed by atoms with van der Waals surface area (Å²) < 4.78 is 51.9. The summed E-state index contributed by atoms with van der Waals surface area (Å²) in [5.41, 5.74) is 0.371. The number of hydrogen-bond acceptors (Lipinski definition) is 4. The fraction of sp³-hybridized carbons (Fsp3) is 0.478. The van der Waals surface area contributed by atoms with Gasteiger partial charge in [-0.15, -0.1) is 0 Å². The van der Waals surface area contributed by atoms with Crippen LogP contribution in [0.25, 0.3) is 0 Å². The summed E-state index contributed by atoms with van der Waals surface area (Å²) in [4.78, 5) is 4.34. The highest BCUT2D eigenvalue weighted by Crippen LogP contribution is 2.28. The standard InChI is InChI=1S/C23H31F3N4OS/c1-4-18(16-20(5-2)23(24,25)26)8-6-13-27-22-11-10-21(29-30(22)3)28-17-19-9-7-14-32(31)15-12-19/h4-6,10-11,13,16,19H,2,7-9,12,14-15,17H2,1,3H3,(H,28,29)/b13-6?,18-4-,20-16+,27-22-. The van der Waals surface area contributed by atoms with E-state index in [4.69, 9.17) is 0 Å². The average Bonchev–Trinajstić information content (AvgIpc) is 2.96. The quantitative estimate of drug-likeness (QED) is 0.440. The summed E-state index contributed by atoms with van der Waals surface area (Å²) in [5.74, 6) is 2.81. The maximum absolute atomic E-state index is 12.9. The van der Waals surface area contributed by atoms with Crippen molar-refractivity contribution in [3.8, 4) is 0 Å². The first-order chi connectivity index (χ1) is 15.2. The molecule has 1 N–H and O–H groups in total. The molecule has 0 saturated carbocycles. The molecular weight excluding hydrogens is 437 g/mol. The van der Waals surface area contributed by atoms with Crippen molar-refractivity contribution in [1.29, 1.82) is 0 Å². The highest BCUT2D eigenvalue weighted by atomic mass is 32.2. The molecular formula is C23H31F3N4OS. The largest absolute Gasteiger partial charge is 0.616 e. The van der Waals surface area contributed by atoms with Gasteiger partial charge < -0.3 is 9.87 Å². The number of anilines is 1. The molecule has 0 amide bonds. The van der Waals surface area contributed by atoms with E-state index in [1.165, 1.54) is 0 Å². The predicted molar refractivity (Wildman–Crippen MR) is 124 cm³/mol. The molecule has 9 heteroatoms. The molecule has 176 valence electrons. The van der Waals surface area contributed by atoms with Crippen molar-refractivity contribution in [3.05, 3.63) is 65.8 Å². The van der Waals surface area contributed by atoms with E-state index in [-0.39, 0.29) is 0 Å². The SMILES string of the molecule is C=C/C(=C\C(=C/C)CC=C/N=c1/ccc(NCC2CCC[S+]([O-])CC2)nn1C)C(F)(F)F. The third-order valence-corrected chi connectivity index (χ3v) is 6.65. The lowest BCUT2D eigenvalue weighted by molar-refractivity contribution is -0.0882. The summed E-state index contributed by atoms with van der Waals surface area (Å²) in [5, 5.41) is 7.81. The molecule has 2 heterocycles. The Morgan fingerprint density at radius 1 is 1.38 bits per heavy atom. The summed E-state index contributed by atoms with van der Waals surface area (Å²) in [6.07, 6.45) is 5.73. The lowest BCUT2D eigenvalue weighted by atomic mass is 10.0. The molecule has 0 aromatic carbocycles. The Kier molecular flexibility index (Phi) is 10.3. The van der Waals surface area contributed by atoms with Gasteiger partial charge in [0.2, 0.25) is 0 Å². The Labute approximate surface area is 190 Å². The Hall–Kier alpha value is -2.26. The fourth-order valence-corrected chi connectivity index (χ4v) is 4.58. The summed E-state index contributed by atoms with van der Waals surface area (Å²) in [7, 11) is 1.78. The minimum Gasteiger partial charge on any atom is -0.616 e. The van der Waals surface area contributed by atoms with Crippen molar-refractivity contribution in [2.45, 2.75) is 38.8 Å². The maximum Gasteiger partial charge on any atom is 0.416 e. The van der Waals surface area contributed by atoms with Crippen molar-refractivity contribution in [2.24, 2.45) is 18.0 Å². The van der Waals surface area contributed by atoms with Crippen molar-refractivity contribution in [1.82, 2.24) is 9.78 Å². The van der Waals surface area contributed by atoms with Crippen LogP contribution in [0.15, 0.2) is 65.4 Å². The highest BCUT2D eigenvalue weighted by molar-refractivity contribution is 7.91. The Balaban J connectivity index is 1.95. The van der Waals surface area contributed by atoms with Gasteiger partial charge in [0, 0.05) is 19.8 Å². The molecule has 2 rings (SSSR count). The van der Waals surface area contributed by atoms with Crippen LogP contribution in [0.4, 0.5) is 19.0 Å². The van der Waals surface area contributed by atoms with E-state index in [0.717, 1.165) is 55.3 Å². The maximum atomic E-state index is 12.9. The smallest absolute Gasteiger partial charge is 0.416 e. The monoisotopic (exact) mass is 468 g/mol. The molecule has 1 aromatic heterocycles. The lowest BCUT2D eigenvalue weighted by Gasteiger charge is -2.14. The topological polar surface area (TPSA) is 65.3 Å². The van der Waals surface area contributed by atoms with Gasteiger partial charge in [-0.25, -0.2) is 9.67 Å². The Morgan fingerprint density at radius 3 is 2.81 bits per heavy atom. The molecule has 0 bridgehead atoms. The molecule has 5 nitrogen and oxygen atoms in total. The number of nitrogens with one attached hydrogen (secondary N) is 1. The van der Waals surface area contributed by atoms with Crippen molar-refractivity contribution >= 4 is 17.0 Å². The van der Waals surface area contributed by atoms with Gasteiger partial charge in [-0.2, -0.15) is 18.3 Å². The second kappa shape index (κ2) is 12.7. The number of halogens is 3. The summed E-state index contributed by atoms with van der Waals surface area (Å²) in [6.45, 7) is 5.72. The van der Waals surface area contributed by atoms with Gasteiger partial charge in [-0.05, 0) is 62.3 Å². The van der Waals surface area contributed by atoms with E-state index in [0.29, 0.717) is 23.4 Å². The van der Waals surface area contributed by atoms with Gasteiger partial charge in [0.1, 0.15) is 22.8 Å². The van der Waals surface area contributed by atoms with Crippen LogP contribution in [0.3, 0.4) is 0 Å². The molecule has 1 aliphatic rings. The van der Waals surface area contributed by atoms with Gasteiger partial charge in [0.05, 0.1) is 5.57 Å². The number of aromatic nitrogens is 2. The van der Waals surface area contributed by atoms with Gasteiger partial charge in [-0.1, -0.05) is 36.0 Å². The molecule has 0 radical (unpaired) electrons. The minimum absolute atomic E-state index is 0.316. The van der Waals surface area contributed by atoms with E-state index >= 15 is 0 Å². The normalized spacial score (nSPS) is 21.6. The van der Waals surface area contributed by atoms with E-state index in [1.807, 2.05) is 12.1 Å². The Morgan fingerprint density at radius 2 is 2.16 bits per heavy atom. The number of aryl methyl sites for hydroxylation is 1. The lowest BCUT2D eigenvalue weighted by Crippen LogP contribution is -2.22. The van der Waals surface area contributed by atoms with Crippen LogP contribution in [0.1, 0.15) is 32.6 Å². The number of alkyl halides is 3. The van der Waals surface area contributed by atoms with Crippen LogP contribution < -0.4 is 10.8 Å². The second-order valence-electron chi connectivity index (χ2n) is 7.61. The van der Waals surface area contributed by atoms with Crippen molar-refractivity contribution < 1.29 is 17.7 Å². The van der Waals surface area contributed by atoms with Crippen molar-refractivity contribution in [3.63, 3.8) is 0 Å². The van der Waals surface area contributed by atoms with E-state index in [2.05, 4.69) is 22.0 Å². The van der Waals surface area contributed by atoms with Crippen LogP contribution in [0.5, 0.6) is 0 Å². The molecule has 1 saturated heterocycles. The molecule has 0 spiro atoms.